The molecule has 1 aromatic heterocycles. The van der Waals surface area contributed by atoms with Crippen LogP contribution in [0.4, 0.5) is 16.4 Å². The number of benzene rings is 2. The third kappa shape index (κ3) is 5.76. The molecule has 182 valence electrons. The molecule has 0 unspecified atom stereocenters. The predicted octanol–water partition coefficient (Wildman–Crippen LogP) is 5.30. The zero-order chi connectivity index (χ0) is 25.1. The predicted molar refractivity (Wildman–Crippen MR) is 141 cm³/mol. The van der Waals surface area contributed by atoms with Crippen molar-refractivity contribution in [2.24, 2.45) is 4.99 Å². The van der Waals surface area contributed by atoms with E-state index < -0.39 is 11.9 Å². The first-order chi connectivity index (χ1) is 16.7. The molecule has 2 aliphatic heterocycles. The summed E-state index contributed by atoms with van der Waals surface area (Å²) < 4.78 is 1.25. The van der Waals surface area contributed by atoms with Crippen molar-refractivity contribution in [3.8, 4) is 0 Å². The average molecular weight is 533 g/mol. The Bertz CT molecular complexity index is 1330. The molecule has 5 rings (SSSR count). The molecule has 0 spiro atoms. The summed E-state index contributed by atoms with van der Waals surface area (Å²) in [6.07, 6.45) is 1.12. The highest BCUT2D eigenvalue weighted by atomic mass is 35.5. The number of anilines is 2. The first-order valence-corrected chi connectivity index (χ1v) is 12.2. The van der Waals surface area contributed by atoms with Crippen molar-refractivity contribution in [3.05, 3.63) is 64.2 Å². The van der Waals surface area contributed by atoms with Crippen molar-refractivity contribution in [1.82, 2.24) is 9.80 Å². The maximum Gasteiger partial charge on any atom is 0.328 e. The van der Waals surface area contributed by atoms with Crippen molar-refractivity contribution in [2.75, 3.05) is 38.5 Å². The maximum atomic E-state index is 9.55. The lowest BCUT2D eigenvalue weighted by molar-refractivity contribution is -0.134. The van der Waals surface area contributed by atoms with E-state index in [1.54, 1.807) is 11.3 Å². The molecule has 2 aliphatic rings. The minimum atomic E-state index is -1.26. The number of carbonyl (C=O) groups is 2. The molecule has 8 nitrogen and oxygen atoms in total. The van der Waals surface area contributed by atoms with Crippen LogP contribution in [-0.2, 0) is 9.59 Å². The quantitative estimate of drug-likeness (QED) is 0.384. The number of carboxylic acids is 2. The molecule has 3 N–H and O–H groups in total. The summed E-state index contributed by atoms with van der Waals surface area (Å²) >= 11 is 14.3. The van der Waals surface area contributed by atoms with E-state index in [0.29, 0.717) is 22.2 Å². The van der Waals surface area contributed by atoms with E-state index >= 15 is 0 Å². The summed E-state index contributed by atoms with van der Waals surface area (Å²) in [6.45, 7) is 3.96. The van der Waals surface area contributed by atoms with Crippen molar-refractivity contribution >= 4 is 78.8 Å². The van der Waals surface area contributed by atoms with Crippen LogP contribution < -0.4 is 5.32 Å². The van der Waals surface area contributed by atoms with Gasteiger partial charge in [0.2, 0.25) is 0 Å². The second kappa shape index (κ2) is 10.7. The number of thiophene rings is 1. The summed E-state index contributed by atoms with van der Waals surface area (Å²) in [4.78, 5) is 28.9. The zero-order valence-electron chi connectivity index (χ0n) is 18.7. The minimum absolute atomic E-state index is 0.522. The van der Waals surface area contributed by atoms with Crippen molar-refractivity contribution in [3.63, 3.8) is 0 Å². The highest BCUT2D eigenvalue weighted by Crippen LogP contribution is 2.45. The van der Waals surface area contributed by atoms with Gasteiger partial charge in [-0.25, -0.2) is 14.6 Å². The van der Waals surface area contributed by atoms with Gasteiger partial charge in [-0.3, -0.25) is 0 Å². The molecule has 0 saturated carbocycles. The fraction of sp³-hybridized carbons (Fsp3) is 0.208. The molecule has 2 aromatic carbocycles. The maximum absolute atomic E-state index is 9.55. The topological polar surface area (TPSA) is 105 Å². The number of carboxylic acid groups (broad SMARTS) is 2. The third-order valence-corrected chi connectivity index (χ3v) is 7.31. The number of nitrogens with one attached hydrogen (secondary N) is 1. The Morgan fingerprint density at radius 2 is 1.66 bits per heavy atom. The number of nitrogens with zero attached hydrogens (tertiary/aromatic N) is 3. The van der Waals surface area contributed by atoms with E-state index in [4.69, 9.17) is 38.4 Å². The standard InChI is InChI=1S/C20H18Cl2N4S.C4H4O4/c1-25-6-8-26(9-7-25)19-18-12-4-2-3-5-17(12)27-20(18)24-16-11-14(22)13(21)10-15(16)23-19;5-3(6)1-2-4(7)8/h2-5,10-11,24H,6-9H2,1H3;1-2H,(H,5,6)(H,7,8)/b;2-1+. The minimum Gasteiger partial charge on any atom is -0.478 e. The highest BCUT2D eigenvalue weighted by molar-refractivity contribution is 7.23. The van der Waals surface area contributed by atoms with Gasteiger partial charge in [0.05, 0.1) is 27.0 Å². The summed E-state index contributed by atoms with van der Waals surface area (Å²) in [5.41, 5.74) is 2.88. The van der Waals surface area contributed by atoms with Crippen LogP contribution in [0.25, 0.3) is 10.1 Å². The van der Waals surface area contributed by atoms with Crippen LogP contribution in [0.2, 0.25) is 10.0 Å². The van der Waals surface area contributed by atoms with E-state index in [9.17, 15) is 9.59 Å². The van der Waals surface area contributed by atoms with Crippen molar-refractivity contribution in [2.45, 2.75) is 0 Å². The largest absolute Gasteiger partial charge is 0.478 e. The number of hydrogen-bond donors (Lipinski definition) is 3. The first kappa shape index (κ1) is 25.0. The molecular formula is C24H22Cl2N4O4S. The van der Waals surface area contributed by atoms with E-state index in [2.05, 4.69) is 46.4 Å². The fourth-order valence-corrected chi connectivity index (χ4v) is 5.20. The number of likely N-dealkylation sites (N-methyl/N-ethyl adjacent to an activating group) is 1. The average Bonchev–Trinajstić information content (AvgIpc) is 3.10. The fourth-order valence-electron chi connectivity index (χ4n) is 3.77. The van der Waals surface area contributed by atoms with Crippen LogP contribution in [0.5, 0.6) is 0 Å². The number of aliphatic carboxylic acids is 2. The molecule has 35 heavy (non-hydrogen) atoms. The Balaban J connectivity index is 0.000000314. The number of piperazine rings is 1. The molecule has 0 aliphatic carbocycles. The Hall–Kier alpha value is -3.11. The molecule has 1 fully saturated rings. The molecule has 0 radical (unpaired) electrons. The van der Waals surface area contributed by atoms with Gasteiger partial charge in [-0.05, 0) is 25.2 Å². The SMILES string of the molecule is CN1CCN(C2=Nc3cc(Cl)c(Cl)cc3Nc3sc4ccccc4c32)CC1.O=C(O)/C=C/C(=O)O. The van der Waals surface area contributed by atoms with Crippen molar-refractivity contribution < 1.29 is 19.8 Å². The molecule has 1 saturated heterocycles. The summed E-state index contributed by atoms with van der Waals surface area (Å²) in [5, 5.41) is 22.6. The van der Waals surface area contributed by atoms with Crippen LogP contribution in [0, 0.1) is 0 Å². The monoisotopic (exact) mass is 532 g/mol. The normalized spacial score (nSPS) is 15.4. The molecule has 3 aromatic rings. The molecular weight excluding hydrogens is 511 g/mol. The van der Waals surface area contributed by atoms with E-state index in [1.165, 1.54) is 15.6 Å². The van der Waals surface area contributed by atoms with Gasteiger partial charge in [0.25, 0.3) is 0 Å². The Morgan fingerprint density at radius 1 is 1.03 bits per heavy atom. The van der Waals surface area contributed by atoms with Gasteiger partial charge in [0, 0.05) is 48.4 Å². The van der Waals surface area contributed by atoms with E-state index in [1.807, 2.05) is 12.1 Å². The number of amidine groups is 1. The van der Waals surface area contributed by atoms with E-state index in [-0.39, 0.29) is 0 Å². The zero-order valence-corrected chi connectivity index (χ0v) is 21.0. The molecule has 0 amide bonds. The number of hydrogen-bond acceptors (Lipinski definition) is 7. The van der Waals surface area contributed by atoms with Crippen LogP contribution >= 0.6 is 34.5 Å². The second-order valence-electron chi connectivity index (χ2n) is 7.95. The summed E-state index contributed by atoms with van der Waals surface area (Å²) in [6, 6.07) is 12.2. The molecule has 0 atom stereocenters. The van der Waals surface area contributed by atoms with Gasteiger partial charge in [0.15, 0.2) is 0 Å². The second-order valence-corrected chi connectivity index (χ2v) is 9.81. The number of halogens is 2. The van der Waals surface area contributed by atoms with Crippen LogP contribution in [0.15, 0.2) is 53.5 Å². The highest BCUT2D eigenvalue weighted by Gasteiger charge is 2.27. The van der Waals surface area contributed by atoms with Gasteiger partial charge in [0.1, 0.15) is 10.8 Å². The van der Waals surface area contributed by atoms with E-state index in [0.717, 1.165) is 48.4 Å². The lowest BCUT2D eigenvalue weighted by Gasteiger charge is -2.34. The molecule has 3 heterocycles. The van der Waals surface area contributed by atoms with Gasteiger partial charge in [-0.1, -0.05) is 41.4 Å². The smallest absolute Gasteiger partial charge is 0.328 e. The van der Waals surface area contributed by atoms with Crippen LogP contribution in [-0.4, -0.2) is 71.0 Å². The molecule has 11 heteroatoms. The number of rotatable bonds is 2. The number of fused-ring (bicyclic) bond motifs is 4. The first-order valence-electron chi connectivity index (χ1n) is 10.7. The van der Waals surface area contributed by atoms with Crippen molar-refractivity contribution in [1.29, 1.82) is 0 Å². The lowest BCUT2D eigenvalue weighted by atomic mass is 10.1. The van der Waals surface area contributed by atoms with Crippen LogP contribution in [0.1, 0.15) is 5.56 Å². The third-order valence-electron chi connectivity index (χ3n) is 5.50. The Kier molecular flexibility index (Phi) is 7.61. The molecule has 0 bridgehead atoms. The summed E-state index contributed by atoms with van der Waals surface area (Å²) in [7, 11) is 2.16. The van der Waals surface area contributed by atoms with Gasteiger partial charge in [-0.2, -0.15) is 0 Å². The van der Waals surface area contributed by atoms with Gasteiger partial charge >= 0.3 is 11.9 Å². The summed E-state index contributed by atoms with van der Waals surface area (Å²) in [5.74, 6) is -1.50. The lowest BCUT2D eigenvalue weighted by Crippen LogP contribution is -2.47. The Morgan fingerprint density at radius 3 is 2.31 bits per heavy atom. The number of aliphatic imine (C=N–C) groups is 1. The van der Waals surface area contributed by atoms with Gasteiger partial charge in [-0.15, -0.1) is 11.3 Å². The Labute approximate surface area is 215 Å². The van der Waals surface area contributed by atoms with Gasteiger partial charge < -0.3 is 25.3 Å². The van der Waals surface area contributed by atoms with Crippen LogP contribution in [0.3, 0.4) is 0 Å².